The number of hydrogen-bond acceptors (Lipinski definition) is 5. The van der Waals surface area contributed by atoms with Gasteiger partial charge in [0.2, 0.25) is 11.0 Å². The third kappa shape index (κ3) is 5.83. The summed E-state index contributed by atoms with van der Waals surface area (Å²) in [5.74, 6) is -0.805. The predicted octanol–water partition coefficient (Wildman–Crippen LogP) is 5.15. The number of benzene rings is 3. The van der Waals surface area contributed by atoms with Crippen LogP contribution in [0.5, 0.6) is 0 Å². The second-order valence-corrected chi connectivity index (χ2v) is 8.85. The number of carbonyl (C=O) groups is 2. The first kappa shape index (κ1) is 22.6. The van der Waals surface area contributed by atoms with Crippen LogP contribution in [-0.2, 0) is 11.2 Å². The van der Waals surface area contributed by atoms with Gasteiger partial charge in [0, 0.05) is 12.0 Å². The van der Waals surface area contributed by atoms with Gasteiger partial charge in [0.05, 0.1) is 10.6 Å². The quantitative estimate of drug-likeness (QED) is 0.386. The van der Waals surface area contributed by atoms with Gasteiger partial charge in [-0.05, 0) is 30.7 Å². The van der Waals surface area contributed by atoms with Crippen molar-refractivity contribution < 1.29 is 9.59 Å². The molecule has 33 heavy (non-hydrogen) atoms. The fourth-order valence-corrected chi connectivity index (χ4v) is 4.27. The van der Waals surface area contributed by atoms with Crippen molar-refractivity contribution in [2.45, 2.75) is 19.4 Å². The van der Waals surface area contributed by atoms with Gasteiger partial charge in [-0.15, -0.1) is 10.2 Å². The molecule has 166 valence electrons. The summed E-state index contributed by atoms with van der Waals surface area (Å²) in [5, 5.41) is 15.3. The Balaban J connectivity index is 1.53. The minimum atomic E-state index is -0.831. The summed E-state index contributed by atoms with van der Waals surface area (Å²) in [7, 11) is 0. The molecule has 0 bridgehead atoms. The third-order valence-corrected chi connectivity index (χ3v) is 6.16. The van der Waals surface area contributed by atoms with E-state index in [0.717, 1.165) is 16.7 Å². The van der Waals surface area contributed by atoms with Crippen molar-refractivity contribution in [3.05, 3.63) is 101 Å². The zero-order valence-electron chi connectivity index (χ0n) is 17.8. The highest BCUT2D eigenvalue weighted by molar-refractivity contribution is 7.18. The molecule has 3 aromatic carbocycles. The Labute approximate surface area is 200 Å². The van der Waals surface area contributed by atoms with Gasteiger partial charge in [0.25, 0.3) is 5.91 Å². The van der Waals surface area contributed by atoms with Crippen molar-refractivity contribution in [2.24, 2.45) is 0 Å². The molecule has 8 heteroatoms. The molecular weight excluding hydrogens is 456 g/mol. The molecule has 0 radical (unpaired) electrons. The molecule has 0 aliphatic heterocycles. The van der Waals surface area contributed by atoms with E-state index in [1.54, 1.807) is 24.3 Å². The second-order valence-electron chi connectivity index (χ2n) is 7.47. The Morgan fingerprint density at radius 3 is 2.48 bits per heavy atom. The van der Waals surface area contributed by atoms with Gasteiger partial charge in [0.1, 0.15) is 11.0 Å². The third-order valence-electron chi connectivity index (χ3n) is 4.94. The molecule has 2 N–H and O–H groups in total. The van der Waals surface area contributed by atoms with E-state index in [4.69, 9.17) is 11.6 Å². The number of halogens is 1. The number of nitrogens with one attached hydrogen (secondary N) is 2. The van der Waals surface area contributed by atoms with Crippen molar-refractivity contribution in [2.75, 3.05) is 5.32 Å². The van der Waals surface area contributed by atoms with Crippen LogP contribution in [-0.4, -0.2) is 28.1 Å². The van der Waals surface area contributed by atoms with Crippen LogP contribution in [0.15, 0.2) is 78.9 Å². The molecule has 4 rings (SSSR count). The van der Waals surface area contributed by atoms with Gasteiger partial charge >= 0.3 is 0 Å². The van der Waals surface area contributed by atoms with Gasteiger partial charge in [-0.1, -0.05) is 89.2 Å². The van der Waals surface area contributed by atoms with E-state index in [1.807, 2.05) is 61.5 Å². The van der Waals surface area contributed by atoms with Gasteiger partial charge in [-0.25, -0.2) is 0 Å². The summed E-state index contributed by atoms with van der Waals surface area (Å²) >= 11 is 7.44. The Morgan fingerprint density at radius 2 is 1.73 bits per heavy atom. The lowest BCUT2D eigenvalue weighted by Gasteiger charge is -2.18. The molecule has 1 heterocycles. The Kier molecular flexibility index (Phi) is 7.12. The smallest absolute Gasteiger partial charge is 0.253 e. The topological polar surface area (TPSA) is 84.0 Å². The maximum absolute atomic E-state index is 13.1. The van der Waals surface area contributed by atoms with Crippen LogP contribution in [0.1, 0.15) is 21.5 Å². The second kappa shape index (κ2) is 10.4. The molecule has 0 fully saturated rings. The zero-order valence-corrected chi connectivity index (χ0v) is 19.4. The summed E-state index contributed by atoms with van der Waals surface area (Å²) in [6, 6.07) is 23.3. The van der Waals surface area contributed by atoms with Crippen LogP contribution in [0.25, 0.3) is 10.6 Å². The van der Waals surface area contributed by atoms with Crippen molar-refractivity contribution in [3.63, 3.8) is 0 Å². The Morgan fingerprint density at radius 1 is 0.970 bits per heavy atom. The highest BCUT2D eigenvalue weighted by atomic mass is 35.5. The number of carbonyl (C=O) groups excluding carboxylic acids is 2. The van der Waals surface area contributed by atoms with E-state index < -0.39 is 11.9 Å². The van der Waals surface area contributed by atoms with Gasteiger partial charge in [0.15, 0.2) is 0 Å². The summed E-state index contributed by atoms with van der Waals surface area (Å²) in [5.41, 5.74) is 3.26. The maximum Gasteiger partial charge on any atom is 0.253 e. The lowest BCUT2D eigenvalue weighted by Crippen LogP contribution is -2.45. The molecule has 1 aromatic heterocycles. The molecule has 6 nitrogen and oxygen atoms in total. The SMILES string of the molecule is Cc1cccc(-c2nnc(NC(=O)C(Cc3ccccc3)NC(=O)c3ccccc3Cl)s2)c1. The first-order chi connectivity index (χ1) is 16.0. The van der Waals surface area contributed by atoms with Crippen LogP contribution in [0.4, 0.5) is 5.13 Å². The number of aromatic nitrogens is 2. The summed E-state index contributed by atoms with van der Waals surface area (Å²) in [6.45, 7) is 2.00. The summed E-state index contributed by atoms with van der Waals surface area (Å²) in [4.78, 5) is 26.0. The number of anilines is 1. The predicted molar refractivity (Wildman–Crippen MR) is 132 cm³/mol. The van der Waals surface area contributed by atoms with Gasteiger partial charge < -0.3 is 5.32 Å². The average Bonchev–Trinajstić information content (AvgIpc) is 3.28. The van der Waals surface area contributed by atoms with E-state index >= 15 is 0 Å². The van der Waals surface area contributed by atoms with Crippen molar-refractivity contribution in [1.82, 2.24) is 15.5 Å². The first-order valence-electron chi connectivity index (χ1n) is 10.3. The number of aryl methyl sites for hydroxylation is 1. The summed E-state index contributed by atoms with van der Waals surface area (Å²) in [6.07, 6.45) is 0.312. The fraction of sp³-hybridized carbons (Fsp3) is 0.120. The molecule has 0 aliphatic rings. The molecule has 0 spiro atoms. The van der Waals surface area contributed by atoms with Crippen molar-refractivity contribution in [1.29, 1.82) is 0 Å². The van der Waals surface area contributed by atoms with E-state index in [1.165, 1.54) is 11.3 Å². The monoisotopic (exact) mass is 476 g/mol. The molecule has 2 amide bonds. The van der Waals surface area contributed by atoms with E-state index in [0.29, 0.717) is 27.1 Å². The molecule has 0 saturated heterocycles. The van der Waals surface area contributed by atoms with Crippen molar-refractivity contribution in [3.8, 4) is 10.6 Å². The highest BCUT2D eigenvalue weighted by Gasteiger charge is 2.24. The minimum Gasteiger partial charge on any atom is -0.340 e. The Hall–Kier alpha value is -3.55. The van der Waals surface area contributed by atoms with Crippen LogP contribution >= 0.6 is 22.9 Å². The molecule has 1 unspecified atom stereocenters. The first-order valence-corrected chi connectivity index (χ1v) is 11.5. The molecule has 1 atom stereocenters. The standard InChI is InChI=1S/C25H21ClN4O2S/c1-16-8-7-11-18(14-16)24-29-30-25(33-24)28-23(32)21(15-17-9-3-2-4-10-17)27-22(31)19-12-5-6-13-20(19)26/h2-14,21H,15H2,1H3,(H,27,31)(H,28,30,32). The number of nitrogens with zero attached hydrogens (tertiary/aromatic N) is 2. The maximum atomic E-state index is 13.1. The number of rotatable bonds is 7. The van der Waals surface area contributed by atoms with Crippen LogP contribution in [0, 0.1) is 6.92 Å². The lowest BCUT2D eigenvalue weighted by atomic mass is 10.0. The largest absolute Gasteiger partial charge is 0.340 e. The van der Waals surface area contributed by atoms with E-state index in [-0.39, 0.29) is 5.91 Å². The number of amides is 2. The number of hydrogen-bond donors (Lipinski definition) is 2. The molecule has 4 aromatic rings. The lowest BCUT2D eigenvalue weighted by molar-refractivity contribution is -0.118. The van der Waals surface area contributed by atoms with Gasteiger partial charge in [-0.2, -0.15) is 0 Å². The Bertz CT molecular complexity index is 1280. The zero-order chi connectivity index (χ0) is 23.2. The molecular formula is C25H21ClN4O2S. The highest BCUT2D eigenvalue weighted by Crippen LogP contribution is 2.27. The van der Waals surface area contributed by atoms with E-state index in [9.17, 15) is 9.59 Å². The molecule has 0 saturated carbocycles. The molecule has 0 aliphatic carbocycles. The fourth-order valence-electron chi connectivity index (χ4n) is 3.30. The summed E-state index contributed by atoms with van der Waals surface area (Å²) < 4.78 is 0. The van der Waals surface area contributed by atoms with Crippen LogP contribution in [0.3, 0.4) is 0 Å². The van der Waals surface area contributed by atoms with Crippen LogP contribution in [0.2, 0.25) is 5.02 Å². The van der Waals surface area contributed by atoms with Gasteiger partial charge in [-0.3, -0.25) is 14.9 Å². The van der Waals surface area contributed by atoms with Crippen molar-refractivity contribution >= 4 is 39.9 Å². The normalized spacial score (nSPS) is 11.6. The van der Waals surface area contributed by atoms with E-state index in [2.05, 4.69) is 20.8 Å². The minimum absolute atomic E-state index is 0.308. The van der Waals surface area contributed by atoms with Crippen LogP contribution < -0.4 is 10.6 Å². The average molecular weight is 477 g/mol.